The molecule has 3 rings (SSSR count). The first-order chi connectivity index (χ1) is 7.59. The van der Waals surface area contributed by atoms with Crippen molar-refractivity contribution in [3.8, 4) is 0 Å². The third kappa shape index (κ3) is 1.58. The quantitative estimate of drug-likeness (QED) is 0.839. The van der Waals surface area contributed by atoms with Crippen molar-refractivity contribution in [2.75, 3.05) is 6.54 Å². The molecule has 0 N–H and O–H groups in total. The van der Waals surface area contributed by atoms with Gasteiger partial charge < -0.3 is 0 Å². The average Bonchev–Trinajstić information content (AvgIpc) is 2.91. The zero-order valence-electron chi connectivity index (χ0n) is 8.60. The molecule has 6 heteroatoms. The number of rotatable bonds is 2. The molecule has 0 spiro atoms. The minimum Gasteiger partial charge on any atom is -0.206 e. The van der Waals surface area contributed by atoms with Gasteiger partial charge >= 0.3 is 0 Å². The van der Waals surface area contributed by atoms with Crippen molar-refractivity contribution in [2.24, 2.45) is 5.92 Å². The van der Waals surface area contributed by atoms with Crippen LogP contribution in [0, 0.1) is 5.92 Å². The van der Waals surface area contributed by atoms with Crippen molar-refractivity contribution in [2.45, 2.75) is 29.5 Å². The Morgan fingerprint density at radius 2 is 2.25 bits per heavy atom. The summed E-state index contributed by atoms with van der Waals surface area (Å²) in [4.78, 5) is 0. The number of fused-ring (bicyclic) bond motifs is 2. The molecular weight excluding hydrogens is 310 g/mol. The second-order valence-corrected chi connectivity index (χ2v) is 8.32. The van der Waals surface area contributed by atoms with Gasteiger partial charge in [0.25, 0.3) is 10.0 Å². The second kappa shape index (κ2) is 3.80. The maximum atomic E-state index is 12.4. The van der Waals surface area contributed by atoms with Crippen LogP contribution in [0.25, 0.3) is 0 Å². The van der Waals surface area contributed by atoms with Crippen LogP contribution in [0.3, 0.4) is 0 Å². The highest BCUT2D eigenvalue weighted by molar-refractivity contribution is 9.10. The number of piperidine rings is 1. The highest BCUT2D eigenvalue weighted by atomic mass is 79.9. The van der Waals surface area contributed by atoms with Crippen LogP contribution in [0.1, 0.15) is 19.3 Å². The van der Waals surface area contributed by atoms with Gasteiger partial charge in [0.15, 0.2) is 0 Å². The van der Waals surface area contributed by atoms with E-state index in [1.165, 1.54) is 17.8 Å². The van der Waals surface area contributed by atoms with Crippen molar-refractivity contribution in [1.82, 2.24) is 4.31 Å². The standard InChI is InChI=1S/C10H12BrNO2S2/c11-9-3-4-15-10(9)16(13,14)12-6-7-1-2-8(12)5-7/h3-4,7-8H,1-2,5-6H2. The Balaban J connectivity index is 1.98. The smallest absolute Gasteiger partial charge is 0.206 e. The van der Waals surface area contributed by atoms with Crippen LogP contribution in [0.5, 0.6) is 0 Å². The number of thiophene rings is 1. The summed E-state index contributed by atoms with van der Waals surface area (Å²) in [6, 6.07) is 2.05. The third-order valence-corrected chi connectivity index (χ3v) is 8.05. The van der Waals surface area contributed by atoms with E-state index in [4.69, 9.17) is 0 Å². The number of hydrogen-bond acceptors (Lipinski definition) is 3. The lowest BCUT2D eigenvalue weighted by atomic mass is 10.1. The van der Waals surface area contributed by atoms with Crippen LogP contribution < -0.4 is 0 Å². The molecule has 2 fully saturated rings. The molecule has 16 heavy (non-hydrogen) atoms. The van der Waals surface area contributed by atoms with Crippen LogP contribution in [0.15, 0.2) is 20.1 Å². The molecule has 1 saturated carbocycles. The Hall–Kier alpha value is 0.0900. The summed E-state index contributed by atoms with van der Waals surface area (Å²) in [6.07, 6.45) is 3.29. The molecule has 0 aromatic carbocycles. The Kier molecular flexibility index (Phi) is 2.66. The molecule has 3 nitrogen and oxygen atoms in total. The van der Waals surface area contributed by atoms with Crippen molar-refractivity contribution in [3.05, 3.63) is 15.9 Å². The zero-order chi connectivity index (χ0) is 11.3. The molecule has 2 atom stereocenters. The van der Waals surface area contributed by atoms with Gasteiger partial charge in [-0.2, -0.15) is 4.31 Å². The Labute approximate surface area is 108 Å². The molecule has 2 aliphatic rings. The molecule has 1 aliphatic carbocycles. The van der Waals surface area contributed by atoms with E-state index in [0.29, 0.717) is 14.6 Å². The van der Waals surface area contributed by atoms with Crippen LogP contribution in [-0.4, -0.2) is 25.3 Å². The molecule has 2 heterocycles. The minimum atomic E-state index is -3.25. The van der Waals surface area contributed by atoms with Crippen molar-refractivity contribution in [3.63, 3.8) is 0 Å². The zero-order valence-corrected chi connectivity index (χ0v) is 11.8. The summed E-state index contributed by atoms with van der Waals surface area (Å²) in [5, 5.41) is 1.81. The SMILES string of the molecule is O=S(=O)(c1sccc1Br)N1CC2CCC1C2. The minimum absolute atomic E-state index is 0.254. The first kappa shape index (κ1) is 11.2. The largest absolute Gasteiger partial charge is 0.253 e. The average molecular weight is 322 g/mol. The van der Waals surface area contributed by atoms with Gasteiger partial charge in [0.2, 0.25) is 0 Å². The molecule has 2 unspecified atom stereocenters. The molecule has 0 amide bonds. The summed E-state index contributed by atoms with van der Waals surface area (Å²) in [5.74, 6) is 0.596. The van der Waals surface area contributed by atoms with Crippen molar-refractivity contribution in [1.29, 1.82) is 0 Å². The molecule has 1 aliphatic heterocycles. The van der Waals surface area contributed by atoms with E-state index in [1.807, 2.05) is 5.38 Å². The van der Waals surface area contributed by atoms with Gasteiger partial charge in [0, 0.05) is 17.1 Å². The summed E-state index contributed by atoms with van der Waals surface area (Å²) in [7, 11) is -3.25. The van der Waals surface area contributed by atoms with Crippen LogP contribution >= 0.6 is 27.3 Å². The summed E-state index contributed by atoms with van der Waals surface area (Å²) in [6.45, 7) is 0.720. The van der Waals surface area contributed by atoms with Gasteiger partial charge in [0.05, 0.1) is 0 Å². The van der Waals surface area contributed by atoms with E-state index in [1.54, 1.807) is 10.4 Å². The second-order valence-electron chi connectivity index (χ2n) is 4.46. The Bertz CT molecular complexity index is 511. The highest BCUT2D eigenvalue weighted by Gasteiger charge is 2.44. The predicted molar refractivity (Wildman–Crippen MR) is 67.0 cm³/mol. The first-order valence-electron chi connectivity index (χ1n) is 5.34. The normalized spacial score (nSPS) is 30.1. The van der Waals surface area contributed by atoms with E-state index < -0.39 is 10.0 Å². The van der Waals surface area contributed by atoms with Gasteiger partial charge in [-0.05, 0) is 52.6 Å². The molecule has 1 aromatic rings. The van der Waals surface area contributed by atoms with E-state index in [9.17, 15) is 8.42 Å². The molecule has 1 aromatic heterocycles. The number of halogens is 1. The van der Waals surface area contributed by atoms with Gasteiger partial charge in [-0.25, -0.2) is 8.42 Å². The molecule has 2 bridgehead atoms. The van der Waals surface area contributed by atoms with E-state index >= 15 is 0 Å². The highest BCUT2D eigenvalue weighted by Crippen LogP contribution is 2.42. The molecule has 0 radical (unpaired) electrons. The Morgan fingerprint density at radius 3 is 2.75 bits per heavy atom. The van der Waals surface area contributed by atoms with E-state index in [0.717, 1.165) is 19.4 Å². The van der Waals surface area contributed by atoms with Gasteiger partial charge in [-0.15, -0.1) is 11.3 Å². The fourth-order valence-corrected chi connectivity index (χ4v) is 6.91. The van der Waals surface area contributed by atoms with Gasteiger partial charge in [0.1, 0.15) is 4.21 Å². The maximum absolute atomic E-state index is 12.4. The van der Waals surface area contributed by atoms with Gasteiger partial charge in [-0.1, -0.05) is 0 Å². The topological polar surface area (TPSA) is 37.4 Å². The third-order valence-electron chi connectivity index (χ3n) is 3.49. The van der Waals surface area contributed by atoms with Crippen molar-refractivity contribution < 1.29 is 8.42 Å². The van der Waals surface area contributed by atoms with Crippen LogP contribution in [-0.2, 0) is 10.0 Å². The molecule has 1 saturated heterocycles. The Morgan fingerprint density at radius 1 is 1.44 bits per heavy atom. The molecule has 88 valence electrons. The molecular formula is C10H12BrNO2S2. The fraction of sp³-hybridized carbons (Fsp3) is 0.600. The first-order valence-corrected chi connectivity index (χ1v) is 8.45. The lowest BCUT2D eigenvalue weighted by molar-refractivity contribution is 0.334. The summed E-state index contributed by atoms with van der Waals surface area (Å²) in [5.41, 5.74) is 0. The van der Waals surface area contributed by atoms with E-state index in [2.05, 4.69) is 15.9 Å². The lowest BCUT2D eigenvalue weighted by Crippen LogP contribution is -2.37. The van der Waals surface area contributed by atoms with Crippen LogP contribution in [0.2, 0.25) is 0 Å². The van der Waals surface area contributed by atoms with Crippen molar-refractivity contribution >= 4 is 37.3 Å². The maximum Gasteiger partial charge on any atom is 0.253 e. The van der Waals surface area contributed by atoms with E-state index in [-0.39, 0.29) is 6.04 Å². The monoisotopic (exact) mass is 321 g/mol. The van der Waals surface area contributed by atoms with Crippen LogP contribution in [0.4, 0.5) is 0 Å². The summed E-state index contributed by atoms with van der Waals surface area (Å²) < 4.78 is 27.7. The number of hydrogen-bond donors (Lipinski definition) is 0. The predicted octanol–water partition coefficient (Wildman–Crippen LogP) is 2.68. The number of nitrogens with zero attached hydrogens (tertiary/aromatic N) is 1. The lowest BCUT2D eigenvalue weighted by Gasteiger charge is -2.25. The fourth-order valence-electron chi connectivity index (χ4n) is 2.74. The number of sulfonamides is 1. The van der Waals surface area contributed by atoms with Gasteiger partial charge in [-0.3, -0.25) is 0 Å². The summed E-state index contributed by atoms with van der Waals surface area (Å²) >= 11 is 4.60.